The molecule has 7 heteroatoms. The molecule has 0 bridgehead atoms. The highest BCUT2D eigenvalue weighted by Gasteiger charge is 2.25. The van der Waals surface area contributed by atoms with Crippen molar-refractivity contribution in [2.24, 2.45) is 5.92 Å². The molecule has 37 heavy (non-hydrogen) atoms. The number of carbonyl (C=O) groups is 3. The highest BCUT2D eigenvalue weighted by atomic mass is 16.5. The van der Waals surface area contributed by atoms with E-state index in [1.807, 2.05) is 60.7 Å². The summed E-state index contributed by atoms with van der Waals surface area (Å²) in [4.78, 5) is 38.1. The summed E-state index contributed by atoms with van der Waals surface area (Å²) in [6.45, 7) is 7.15. The van der Waals surface area contributed by atoms with E-state index in [2.05, 4.69) is 23.8 Å². The molecule has 7 nitrogen and oxygen atoms in total. The minimum absolute atomic E-state index is 0.0145. The second-order valence-electron chi connectivity index (χ2n) is 8.90. The molecule has 0 heterocycles. The molecule has 0 radical (unpaired) electrons. The summed E-state index contributed by atoms with van der Waals surface area (Å²) in [6.07, 6.45) is 5.72. The van der Waals surface area contributed by atoms with E-state index in [1.165, 1.54) is 0 Å². The standard InChI is InChI=1S/C30H38N2O5/c1-3-5-8-18-29(35)37-22-27(24-16-11-7-12-17-24)32-30(36)25(13-4-2)20-28(34)31-26(21-33)19-23-14-9-6-10-15-23/h3-4,6-7,9-12,14-17,25-27,33H,1-2,5,8,13,18-22H2,(H,31,34)(H,32,36)/t25-,26-,27+/m0/s1. The zero-order valence-corrected chi connectivity index (χ0v) is 21.3. The third-order valence-electron chi connectivity index (χ3n) is 5.88. The Hall–Kier alpha value is -3.71. The number of hydrogen-bond acceptors (Lipinski definition) is 5. The molecule has 0 aliphatic heterocycles. The summed E-state index contributed by atoms with van der Waals surface area (Å²) < 4.78 is 5.44. The maximum absolute atomic E-state index is 13.2. The van der Waals surface area contributed by atoms with Gasteiger partial charge < -0.3 is 20.5 Å². The van der Waals surface area contributed by atoms with Crippen LogP contribution in [0.4, 0.5) is 0 Å². The molecule has 3 atom stereocenters. The van der Waals surface area contributed by atoms with Gasteiger partial charge in [-0.05, 0) is 36.8 Å². The van der Waals surface area contributed by atoms with Gasteiger partial charge in [0.05, 0.1) is 24.6 Å². The lowest BCUT2D eigenvalue weighted by Crippen LogP contribution is -2.42. The molecule has 0 unspecified atom stereocenters. The zero-order valence-electron chi connectivity index (χ0n) is 21.3. The first kappa shape index (κ1) is 29.5. The Kier molecular flexibility index (Phi) is 13.5. The Morgan fingerprint density at radius 2 is 1.62 bits per heavy atom. The van der Waals surface area contributed by atoms with Crippen molar-refractivity contribution in [3.8, 4) is 0 Å². The van der Waals surface area contributed by atoms with E-state index in [-0.39, 0.29) is 43.8 Å². The van der Waals surface area contributed by atoms with E-state index >= 15 is 0 Å². The normalized spacial score (nSPS) is 13.0. The average Bonchev–Trinajstić information content (AvgIpc) is 2.91. The van der Waals surface area contributed by atoms with E-state index in [0.717, 1.165) is 17.5 Å². The second kappa shape index (κ2) is 16.9. The van der Waals surface area contributed by atoms with Gasteiger partial charge in [-0.15, -0.1) is 13.2 Å². The van der Waals surface area contributed by atoms with E-state index in [9.17, 15) is 19.5 Å². The lowest BCUT2D eigenvalue weighted by atomic mass is 9.98. The monoisotopic (exact) mass is 506 g/mol. The number of carbonyl (C=O) groups excluding carboxylic acids is 3. The number of ether oxygens (including phenoxy) is 1. The number of hydrogen-bond donors (Lipinski definition) is 3. The van der Waals surface area contributed by atoms with E-state index in [0.29, 0.717) is 19.3 Å². The van der Waals surface area contributed by atoms with Gasteiger partial charge in [0.1, 0.15) is 6.61 Å². The summed E-state index contributed by atoms with van der Waals surface area (Å²) in [5, 5.41) is 15.5. The molecule has 0 fully saturated rings. The van der Waals surface area contributed by atoms with Gasteiger partial charge in [0.25, 0.3) is 0 Å². The molecule has 0 aromatic heterocycles. The fourth-order valence-corrected chi connectivity index (χ4v) is 3.89. The van der Waals surface area contributed by atoms with Crippen LogP contribution < -0.4 is 10.6 Å². The molecule has 0 aliphatic carbocycles. The second-order valence-corrected chi connectivity index (χ2v) is 8.90. The van der Waals surface area contributed by atoms with Gasteiger partial charge in [-0.25, -0.2) is 0 Å². The first-order chi connectivity index (χ1) is 18.0. The van der Waals surface area contributed by atoms with Gasteiger partial charge in [-0.3, -0.25) is 14.4 Å². The van der Waals surface area contributed by atoms with Crippen LogP contribution in [0.1, 0.15) is 49.3 Å². The van der Waals surface area contributed by atoms with Gasteiger partial charge in [0.15, 0.2) is 0 Å². The maximum atomic E-state index is 13.2. The molecule has 2 rings (SSSR count). The Labute approximate surface area is 219 Å². The number of unbranched alkanes of at least 4 members (excludes halogenated alkanes) is 1. The fraction of sp³-hybridized carbons (Fsp3) is 0.367. The first-order valence-corrected chi connectivity index (χ1v) is 12.6. The minimum atomic E-state index is -0.664. The highest BCUT2D eigenvalue weighted by Crippen LogP contribution is 2.18. The lowest BCUT2D eigenvalue weighted by Gasteiger charge is -2.23. The van der Waals surface area contributed by atoms with Crippen molar-refractivity contribution in [2.75, 3.05) is 13.2 Å². The third-order valence-corrected chi connectivity index (χ3v) is 5.88. The predicted molar refractivity (Wildman–Crippen MR) is 144 cm³/mol. The van der Waals surface area contributed by atoms with Gasteiger partial charge >= 0.3 is 5.97 Å². The van der Waals surface area contributed by atoms with E-state index in [1.54, 1.807) is 12.2 Å². The van der Waals surface area contributed by atoms with Crippen LogP contribution in [-0.2, 0) is 25.5 Å². The van der Waals surface area contributed by atoms with Crippen molar-refractivity contribution >= 4 is 17.8 Å². The number of rotatable bonds is 17. The zero-order chi connectivity index (χ0) is 26.9. The van der Waals surface area contributed by atoms with Crippen LogP contribution in [0.25, 0.3) is 0 Å². The average molecular weight is 507 g/mol. The highest BCUT2D eigenvalue weighted by molar-refractivity contribution is 5.86. The number of allylic oxidation sites excluding steroid dienone is 2. The number of aliphatic hydroxyl groups excluding tert-OH is 1. The largest absolute Gasteiger partial charge is 0.463 e. The van der Waals surface area contributed by atoms with Crippen LogP contribution in [0.5, 0.6) is 0 Å². The minimum Gasteiger partial charge on any atom is -0.463 e. The van der Waals surface area contributed by atoms with Crippen molar-refractivity contribution in [2.45, 2.75) is 50.6 Å². The molecule has 2 aromatic rings. The Balaban J connectivity index is 2.01. The summed E-state index contributed by atoms with van der Waals surface area (Å²) in [5.74, 6) is -1.67. The van der Waals surface area contributed by atoms with Crippen molar-refractivity contribution in [1.29, 1.82) is 0 Å². The molecule has 0 saturated heterocycles. The van der Waals surface area contributed by atoms with E-state index < -0.39 is 18.0 Å². The molecule has 0 spiro atoms. The molecular formula is C30H38N2O5. The molecule has 2 amide bonds. The SMILES string of the molecule is C=CCCCC(=O)OC[C@@H](NC(=O)[C@@H](CC=C)CC(=O)N[C@H](CO)Cc1ccccc1)c1ccccc1. The smallest absolute Gasteiger partial charge is 0.305 e. The Morgan fingerprint density at radius 3 is 2.24 bits per heavy atom. The third kappa shape index (κ3) is 11.3. The van der Waals surface area contributed by atoms with Crippen LogP contribution in [0.3, 0.4) is 0 Å². The van der Waals surface area contributed by atoms with Gasteiger partial charge in [0.2, 0.25) is 11.8 Å². The lowest BCUT2D eigenvalue weighted by molar-refractivity contribution is -0.145. The number of nitrogens with one attached hydrogen (secondary N) is 2. The van der Waals surface area contributed by atoms with Gasteiger partial charge in [-0.2, -0.15) is 0 Å². The number of benzene rings is 2. The quantitative estimate of drug-likeness (QED) is 0.171. The molecule has 0 saturated carbocycles. The van der Waals surface area contributed by atoms with Crippen LogP contribution in [-0.4, -0.2) is 42.1 Å². The van der Waals surface area contributed by atoms with Crippen LogP contribution >= 0.6 is 0 Å². The Morgan fingerprint density at radius 1 is 0.946 bits per heavy atom. The predicted octanol–water partition coefficient (Wildman–Crippen LogP) is 4.05. The van der Waals surface area contributed by atoms with Crippen LogP contribution in [0.2, 0.25) is 0 Å². The topological polar surface area (TPSA) is 105 Å². The summed E-state index contributed by atoms with van der Waals surface area (Å²) in [5.41, 5.74) is 1.78. The van der Waals surface area contributed by atoms with Gasteiger partial charge in [-0.1, -0.05) is 72.8 Å². The first-order valence-electron chi connectivity index (χ1n) is 12.6. The number of esters is 1. The maximum Gasteiger partial charge on any atom is 0.305 e. The van der Waals surface area contributed by atoms with Crippen molar-refractivity contribution in [3.63, 3.8) is 0 Å². The number of amides is 2. The van der Waals surface area contributed by atoms with Crippen molar-refractivity contribution in [1.82, 2.24) is 10.6 Å². The van der Waals surface area contributed by atoms with Crippen molar-refractivity contribution < 1.29 is 24.2 Å². The summed E-state index contributed by atoms with van der Waals surface area (Å²) >= 11 is 0. The van der Waals surface area contributed by atoms with Crippen LogP contribution in [0.15, 0.2) is 86.0 Å². The molecule has 2 aromatic carbocycles. The summed E-state index contributed by atoms with van der Waals surface area (Å²) in [6, 6.07) is 17.8. The number of aliphatic hydroxyl groups is 1. The van der Waals surface area contributed by atoms with Gasteiger partial charge in [0, 0.05) is 12.8 Å². The Bertz CT molecular complexity index is 994. The summed E-state index contributed by atoms with van der Waals surface area (Å²) in [7, 11) is 0. The van der Waals surface area contributed by atoms with Crippen LogP contribution in [0, 0.1) is 5.92 Å². The van der Waals surface area contributed by atoms with E-state index in [4.69, 9.17) is 4.74 Å². The van der Waals surface area contributed by atoms with Crippen molar-refractivity contribution in [3.05, 3.63) is 97.1 Å². The fourth-order valence-electron chi connectivity index (χ4n) is 3.89. The molecule has 3 N–H and O–H groups in total. The molecular weight excluding hydrogens is 468 g/mol. The molecule has 0 aliphatic rings. The molecule has 198 valence electrons.